The monoisotopic (exact) mass is 487 g/mol. The van der Waals surface area contributed by atoms with Crippen molar-refractivity contribution in [1.82, 2.24) is 0 Å². The molecule has 1 spiro atoms. The van der Waals surface area contributed by atoms with Gasteiger partial charge in [0, 0.05) is 17.0 Å². The number of carboxylic acid groups (broad SMARTS) is 1. The van der Waals surface area contributed by atoms with E-state index in [1.807, 2.05) is 30.3 Å². The van der Waals surface area contributed by atoms with Crippen molar-refractivity contribution in [3.63, 3.8) is 0 Å². The number of rotatable bonds is 2. The van der Waals surface area contributed by atoms with E-state index in [9.17, 15) is 22.8 Å². The van der Waals surface area contributed by atoms with Crippen LogP contribution >= 0.6 is 0 Å². The molecule has 180 valence electrons. The molecule has 8 nitrogen and oxygen atoms in total. The number of hydrogen-bond acceptors (Lipinski definition) is 7. The molecular weight excluding hydrogens is 471 g/mol. The number of halogens is 3. The minimum Gasteiger partial charge on any atom is -0.475 e. The first-order valence-electron chi connectivity index (χ1n) is 10.0. The smallest absolute Gasteiger partial charge is 0.475 e. The van der Waals surface area contributed by atoms with Crippen LogP contribution < -0.4 is 19.9 Å². The molecule has 0 saturated heterocycles. The van der Waals surface area contributed by atoms with Crippen LogP contribution in [-0.2, 0) is 15.4 Å². The van der Waals surface area contributed by atoms with Crippen LogP contribution in [-0.4, -0.2) is 35.5 Å². The van der Waals surface area contributed by atoms with Gasteiger partial charge in [-0.2, -0.15) is 13.2 Å². The average Bonchev–Trinajstić information content (AvgIpc) is 2.83. The van der Waals surface area contributed by atoms with Gasteiger partial charge in [0.15, 0.2) is 5.78 Å². The molecule has 0 fully saturated rings. The number of ketones is 1. The Morgan fingerprint density at radius 3 is 2.31 bits per heavy atom. The largest absolute Gasteiger partial charge is 0.490 e. The van der Waals surface area contributed by atoms with Crippen molar-refractivity contribution in [3.05, 3.63) is 77.9 Å². The van der Waals surface area contributed by atoms with Gasteiger partial charge in [0.05, 0.1) is 17.5 Å². The molecule has 1 heterocycles. The van der Waals surface area contributed by atoms with Gasteiger partial charge in [-0.05, 0) is 24.3 Å². The highest BCUT2D eigenvalue weighted by Crippen LogP contribution is 2.49. The summed E-state index contributed by atoms with van der Waals surface area (Å²) in [6.45, 7) is -0.214. The van der Waals surface area contributed by atoms with E-state index in [2.05, 4.69) is 0 Å². The Labute approximate surface area is 195 Å². The van der Waals surface area contributed by atoms with E-state index in [1.165, 1.54) is 6.08 Å². The summed E-state index contributed by atoms with van der Waals surface area (Å²) in [7, 11) is 0. The molecule has 2 aliphatic rings. The van der Waals surface area contributed by atoms with Crippen molar-refractivity contribution in [2.24, 2.45) is 5.73 Å². The second kappa shape index (κ2) is 8.76. The molecule has 1 aliphatic carbocycles. The summed E-state index contributed by atoms with van der Waals surface area (Å²) in [5.74, 6) is -3.10. The molecule has 5 rings (SSSR count). The lowest BCUT2D eigenvalue weighted by atomic mass is 9.90. The van der Waals surface area contributed by atoms with Crippen LogP contribution in [0.25, 0.3) is 10.8 Å². The lowest BCUT2D eigenvalue weighted by Crippen LogP contribution is -2.42. The number of nitrogens with two attached hydrogens (primary N) is 1. The summed E-state index contributed by atoms with van der Waals surface area (Å²) in [4.78, 5) is 32.8. The highest BCUT2D eigenvalue weighted by atomic mass is 19.4. The predicted molar refractivity (Wildman–Crippen MR) is 115 cm³/mol. The number of carbonyl (C=O) groups is 3. The van der Waals surface area contributed by atoms with Crippen LogP contribution in [0.4, 0.5) is 13.2 Å². The van der Waals surface area contributed by atoms with Crippen LogP contribution in [0.1, 0.15) is 15.9 Å². The van der Waals surface area contributed by atoms with Gasteiger partial charge < -0.3 is 25.1 Å². The molecule has 0 bridgehead atoms. The van der Waals surface area contributed by atoms with E-state index in [4.69, 9.17) is 29.8 Å². The Kier molecular flexibility index (Phi) is 5.95. The van der Waals surface area contributed by atoms with E-state index in [-0.39, 0.29) is 12.3 Å². The molecule has 35 heavy (non-hydrogen) atoms. The summed E-state index contributed by atoms with van der Waals surface area (Å²) in [6.07, 6.45) is -1.99. The number of ether oxygens (including phenoxy) is 3. The van der Waals surface area contributed by atoms with Gasteiger partial charge in [0.1, 0.15) is 17.2 Å². The lowest BCUT2D eigenvalue weighted by molar-refractivity contribution is -0.192. The topological polar surface area (TPSA) is 125 Å². The molecule has 11 heteroatoms. The summed E-state index contributed by atoms with van der Waals surface area (Å²) < 4.78 is 49.6. The standard InChI is InChI=1S/C22H15NO5.C2HF3O2/c23-12-20(25)26-17-8-9-19-21-14(17)5-3-7-18(21)27-22(28-19)11-10-16(24)13-4-1-2-6-15(13)22;3-2(4,5)1(6)7/h1-11H,12,23H2;(H,6,7). The maximum Gasteiger partial charge on any atom is 0.490 e. The van der Waals surface area contributed by atoms with Crippen LogP contribution in [0.15, 0.2) is 66.7 Å². The quantitative estimate of drug-likeness (QED) is 0.414. The minimum atomic E-state index is -5.08. The Bertz CT molecular complexity index is 1370. The fourth-order valence-electron chi connectivity index (χ4n) is 3.63. The van der Waals surface area contributed by atoms with Crippen molar-refractivity contribution in [3.8, 4) is 17.2 Å². The maximum absolute atomic E-state index is 12.3. The van der Waals surface area contributed by atoms with E-state index in [0.29, 0.717) is 39.1 Å². The van der Waals surface area contributed by atoms with Crippen molar-refractivity contribution >= 4 is 28.5 Å². The predicted octanol–water partition coefficient (Wildman–Crippen LogP) is 3.71. The molecule has 1 unspecified atom stereocenters. The van der Waals surface area contributed by atoms with Gasteiger partial charge in [-0.15, -0.1) is 0 Å². The molecule has 0 amide bonds. The molecule has 1 aliphatic heterocycles. The van der Waals surface area contributed by atoms with E-state index in [1.54, 1.807) is 30.3 Å². The van der Waals surface area contributed by atoms with Crippen LogP contribution in [0.3, 0.4) is 0 Å². The molecule has 3 N–H and O–H groups in total. The minimum absolute atomic E-state index is 0.0959. The fraction of sp³-hybridized carbons (Fsp3) is 0.125. The second-order valence-corrected chi connectivity index (χ2v) is 7.34. The number of hydrogen-bond donors (Lipinski definition) is 2. The highest BCUT2D eigenvalue weighted by molar-refractivity contribution is 6.07. The molecule has 0 radical (unpaired) electrons. The Hall–Kier alpha value is -4.38. The molecule has 3 aromatic rings. The lowest BCUT2D eigenvalue weighted by Gasteiger charge is -2.39. The van der Waals surface area contributed by atoms with Crippen LogP contribution in [0, 0.1) is 0 Å². The molecule has 0 aromatic heterocycles. The normalized spacial score (nSPS) is 17.5. The number of aliphatic carboxylic acids is 1. The Balaban J connectivity index is 0.000000364. The van der Waals surface area contributed by atoms with Crippen LogP contribution in [0.2, 0.25) is 0 Å². The summed E-state index contributed by atoms with van der Waals surface area (Å²) >= 11 is 0. The first kappa shape index (κ1) is 23.8. The first-order chi connectivity index (χ1) is 16.6. The number of esters is 1. The van der Waals surface area contributed by atoms with Crippen molar-refractivity contribution in [2.75, 3.05) is 6.54 Å². The number of alkyl halides is 3. The number of carboxylic acids is 1. The number of fused-ring (bicyclic) bond motifs is 2. The van der Waals surface area contributed by atoms with Gasteiger partial charge >= 0.3 is 18.1 Å². The van der Waals surface area contributed by atoms with Gasteiger partial charge in [-0.3, -0.25) is 9.59 Å². The number of carbonyl (C=O) groups excluding carboxylic acids is 2. The van der Waals surface area contributed by atoms with E-state index >= 15 is 0 Å². The number of benzene rings is 3. The van der Waals surface area contributed by atoms with Crippen molar-refractivity contribution in [2.45, 2.75) is 12.0 Å². The first-order valence-corrected chi connectivity index (χ1v) is 10.0. The van der Waals surface area contributed by atoms with Crippen LogP contribution in [0.5, 0.6) is 17.2 Å². The van der Waals surface area contributed by atoms with Gasteiger partial charge in [0.25, 0.3) is 5.79 Å². The zero-order valence-corrected chi connectivity index (χ0v) is 17.7. The summed E-state index contributed by atoms with van der Waals surface area (Å²) in [5, 5.41) is 8.49. The molecular formula is C24H16F3NO7. The zero-order valence-electron chi connectivity index (χ0n) is 17.7. The Morgan fingerprint density at radius 1 is 1.00 bits per heavy atom. The third kappa shape index (κ3) is 4.41. The highest BCUT2D eigenvalue weighted by Gasteiger charge is 2.44. The van der Waals surface area contributed by atoms with Crippen molar-refractivity contribution < 1.29 is 46.9 Å². The third-order valence-corrected chi connectivity index (χ3v) is 5.10. The number of allylic oxidation sites excluding steroid dienone is 1. The molecule has 1 atom stereocenters. The maximum atomic E-state index is 12.3. The third-order valence-electron chi connectivity index (χ3n) is 5.10. The summed E-state index contributed by atoms with van der Waals surface area (Å²) in [6, 6.07) is 16.0. The zero-order chi connectivity index (χ0) is 25.4. The second-order valence-electron chi connectivity index (χ2n) is 7.34. The molecule has 3 aromatic carbocycles. The van der Waals surface area contributed by atoms with Gasteiger partial charge in [0.2, 0.25) is 0 Å². The molecule has 0 saturated carbocycles. The van der Waals surface area contributed by atoms with Gasteiger partial charge in [-0.1, -0.05) is 36.4 Å². The average molecular weight is 487 g/mol. The van der Waals surface area contributed by atoms with E-state index in [0.717, 1.165) is 0 Å². The SMILES string of the molecule is NCC(=O)Oc1ccc2c3c(cccc13)OC1(C=CC(=O)c3ccccc31)O2.O=C(O)C(F)(F)F. The van der Waals surface area contributed by atoms with E-state index < -0.39 is 23.9 Å². The van der Waals surface area contributed by atoms with Gasteiger partial charge in [-0.25, -0.2) is 4.79 Å². The fourth-order valence-corrected chi connectivity index (χ4v) is 3.63. The summed E-state index contributed by atoms with van der Waals surface area (Å²) in [5.41, 5.74) is 6.53. The Morgan fingerprint density at radius 2 is 1.66 bits per heavy atom. The van der Waals surface area contributed by atoms with Crippen molar-refractivity contribution in [1.29, 1.82) is 0 Å².